The maximum absolute atomic E-state index is 11.6. The van der Waals surface area contributed by atoms with Gasteiger partial charge in [0.15, 0.2) is 0 Å². The van der Waals surface area contributed by atoms with Gasteiger partial charge in [-0.1, -0.05) is 0 Å². The third kappa shape index (κ3) is 2.68. The summed E-state index contributed by atoms with van der Waals surface area (Å²) >= 11 is 0. The number of carboxylic acids is 1. The largest absolute Gasteiger partial charge is 0.481 e. The Hall–Kier alpha value is -1.10. The molecule has 1 heterocycles. The van der Waals surface area contributed by atoms with E-state index in [4.69, 9.17) is 5.11 Å². The Morgan fingerprint density at radius 1 is 1.67 bits per heavy atom. The number of rotatable bonds is 3. The molecule has 5 nitrogen and oxygen atoms in total. The quantitative estimate of drug-likeness (QED) is 0.697. The third-order valence-electron chi connectivity index (χ3n) is 2.71. The Balaban J connectivity index is 2.82. The summed E-state index contributed by atoms with van der Waals surface area (Å²) < 4.78 is 0. The molecule has 0 aromatic carbocycles. The van der Waals surface area contributed by atoms with Crippen molar-refractivity contribution in [3.05, 3.63) is 0 Å². The number of hydrogen-bond acceptors (Lipinski definition) is 3. The van der Waals surface area contributed by atoms with E-state index in [2.05, 4.69) is 5.32 Å². The Kier molecular flexibility index (Phi) is 3.68. The maximum Gasteiger partial charge on any atom is 0.305 e. The predicted octanol–water partition coefficient (Wildman–Crippen LogP) is 0.0584. The second-order valence-corrected chi connectivity index (χ2v) is 4.25. The summed E-state index contributed by atoms with van der Waals surface area (Å²) in [6, 6.07) is -0.173. The number of carbonyl (C=O) groups excluding carboxylic acids is 1. The van der Waals surface area contributed by atoms with E-state index in [-0.39, 0.29) is 24.4 Å². The molecule has 1 amide bonds. The number of aliphatic carboxylic acids is 1. The Morgan fingerprint density at radius 2 is 2.27 bits per heavy atom. The topological polar surface area (TPSA) is 69.6 Å². The van der Waals surface area contributed by atoms with Crippen molar-refractivity contribution in [1.29, 1.82) is 0 Å². The van der Waals surface area contributed by atoms with E-state index in [1.165, 1.54) is 0 Å². The standard InChI is InChI=1S/C10H18N2O3/c1-6(2)12-7(3)5-11-10(15)8(12)4-9(13)14/h6-8H,4-5H2,1-3H3,(H,11,15)(H,13,14). The molecule has 2 N–H and O–H groups in total. The second-order valence-electron chi connectivity index (χ2n) is 4.25. The Bertz CT molecular complexity index is 265. The summed E-state index contributed by atoms with van der Waals surface area (Å²) in [5.74, 6) is -1.11. The van der Waals surface area contributed by atoms with Crippen molar-refractivity contribution in [1.82, 2.24) is 10.2 Å². The molecule has 0 radical (unpaired) electrons. The molecule has 0 aliphatic carbocycles. The first kappa shape index (κ1) is 12.0. The van der Waals surface area contributed by atoms with Crippen molar-refractivity contribution >= 4 is 11.9 Å². The molecule has 1 aliphatic heterocycles. The van der Waals surface area contributed by atoms with E-state index >= 15 is 0 Å². The molecule has 0 saturated carbocycles. The van der Waals surface area contributed by atoms with E-state index in [1.807, 2.05) is 25.7 Å². The summed E-state index contributed by atoms with van der Waals surface area (Å²) in [6.07, 6.45) is -0.131. The van der Waals surface area contributed by atoms with Crippen molar-refractivity contribution in [2.45, 2.75) is 45.3 Å². The molecule has 2 unspecified atom stereocenters. The maximum atomic E-state index is 11.6. The number of carboxylic acid groups (broad SMARTS) is 1. The fraction of sp³-hybridized carbons (Fsp3) is 0.800. The van der Waals surface area contributed by atoms with Crippen LogP contribution in [0.3, 0.4) is 0 Å². The van der Waals surface area contributed by atoms with Crippen LogP contribution in [0.2, 0.25) is 0 Å². The highest BCUT2D eigenvalue weighted by Crippen LogP contribution is 2.17. The van der Waals surface area contributed by atoms with Gasteiger partial charge in [-0.15, -0.1) is 0 Å². The van der Waals surface area contributed by atoms with Crippen LogP contribution >= 0.6 is 0 Å². The minimum atomic E-state index is -0.935. The first-order valence-corrected chi connectivity index (χ1v) is 5.20. The molecule has 0 bridgehead atoms. The van der Waals surface area contributed by atoms with Crippen molar-refractivity contribution in [3.63, 3.8) is 0 Å². The van der Waals surface area contributed by atoms with Crippen LogP contribution in [0.25, 0.3) is 0 Å². The highest BCUT2D eigenvalue weighted by Gasteiger charge is 2.36. The smallest absolute Gasteiger partial charge is 0.305 e. The number of piperazine rings is 1. The van der Waals surface area contributed by atoms with Gasteiger partial charge in [0.1, 0.15) is 6.04 Å². The van der Waals surface area contributed by atoms with Crippen LogP contribution in [-0.2, 0) is 9.59 Å². The summed E-state index contributed by atoms with van der Waals surface area (Å²) in [6.45, 7) is 6.54. The van der Waals surface area contributed by atoms with Crippen LogP contribution in [-0.4, -0.2) is 46.6 Å². The molecule has 1 rings (SSSR count). The summed E-state index contributed by atoms with van der Waals surface area (Å²) in [7, 11) is 0. The SMILES string of the molecule is CC(C)N1C(C)CNC(=O)C1CC(=O)O. The van der Waals surface area contributed by atoms with Gasteiger partial charge in [0.2, 0.25) is 5.91 Å². The molecule has 0 spiro atoms. The van der Waals surface area contributed by atoms with Gasteiger partial charge in [0.25, 0.3) is 0 Å². The van der Waals surface area contributed by atoms with Crippen LogP contribution in [0, 0.1) is 0 Å². The van der Waals surface area contributed by atoms with Gasteiger partial charge >= 0.3 is 5.97 Å². The average Bonchev–Trinajstić information content (AvgIpc) is 2.10. The zero-order valence-electron chi connectivity index (χ0n) is 9.36. The minimum absolute atomic E-state index is 0.131. The van der Waals surface area contributed by atoms with Crippen molar-refractivity contribution < 1.29 is 14.7 Å². The fourth-order valence-corrected chi connectivity index (χ4v) is 2.15. The normalized spacial score (nSPS) is 27.9. The lowest BCUT2D eigenvalue weighted by atomic mass is 10.0. The van der Waals surface area contributed by atoms with Crippen LogP contribution in [0.15, 0.2) is 0 Å². The fourth-order valence-electron chi connectivity index (χ4n) is 2.15. The average molecular weight is 214 g/mol. The molecule has 0 aromatic rings. The molecular weight excluding hydrogens is 196 g/mol. The number of nitrogens with one attached hydrogen (secondary N) is 1. The van der Waals surface area contributed by atoms with Gasteiger partial charge in [-0.05, 0) is 20.8 Å². The molecular formula is C10H18N2O3. The summed E-state index contributed by atoms with van der Waals surface area (Å²) in [5.41, 5.74) is 0. The number of amides is 1. The first-order valence-electron chi connectivity index (χ1n) is 5.20. The van der Waals surface area contributed by atoms with Gasteiger partial charge in [0.05, 0.1) is 6.42 Å². The number of carbonyl (C=O) groups is 2. The predicted molar refractivity (Wildman–Crippen MR) is 55.5 cm³/mol. The number of hydrogen-bond donors (Lipinski definition) is 2. The summed E-state index contributed by atoms with van der Waals surface area (Å²) in [5, 5.41) is 11.5. The van der Waals surface area contributed by atoms with Crippen LogP contribution in [0.4, 0.5) is 0 Å². The van der Waals surface area contributed by atoms with Gasteiger partial charge in [-0.25, -0.2) is 0 Å². The molecule has 1 saturated heterocycles. The highest BCUT2D eigenvalue weighted by molar-refractivity contribution is 5.86. The Morgan fingerprint density at radius 3 is 2.73 bits per heavy atom. The van der Waals surface area contributed by atoms with Crippen molar-refractivity contribution in [2.24, 2.45) is 0 Å². The zero-order chi connectivity index (χ0) is 11.6. The molecule has 86 valence electrons. The van der Waals surface area contributed by atoms with Crippen LogP contribution < -0.4 is 5.32 Å². The van der Waals surface area contributed by atoms with E-state index in [9.17, 15) is 9.59 Å². The van der Waals surface area contributed by atoms with E-state index in [0.29, 0.717) is 6.54 Å². The van der Waals surface area contributed by atoms with Crippen LogP contribution in [0.1, 0.15) is 27.2 Å². The molecule has 2 atom stereocenters. The first-order chi connectivity index (χ1) is 6.93. The van der Waals surface area contributed by atoms with Gasteiger partial charge in [-0.3, -0.25) is 14.5 Å². The van der Waals surface area contributed by atoms with E-state index in [0.717, 1.165) is 0 Å². The zero-order valence-corrected chi connectivity index (χ0v) is 9.36. The Labute approximate surface area is 89.4 Å². The van der Waals surface area contributed by atoms with Crippen molar-refractivity contribution in [2.75, 3.05) is 6.54 Å². The second kappa shape index (κ2) is 4.61. The molecule has 15 heavy (non-hydrogen) atoms. The van der Waals surface area contributed by atoms with E-state index in [1.54, 1.807) is 0 Å². The highest BCUT2D eigenvalue weighted by atomic mass is 16.4. The summed E-state index contributed by atoms with van der Waals surface area (Å²) in [4.78, 5) is 24.2. The lowest BCUT2D eigenvalue weighted by Crippen LogP contribution is -2.62. The third-order valence-corrected chi connectivity index (χ3v) is 2.71. The molecule has 5 heteroatoms. The molecule has 1 aliphatic rings. The van der Waals surface area contributed by atoms with Gasteiger partial charge < -0.3 is 10.4 Å². The lowest BCUT2D eigenvalue weighted by Gasteiger charge is -2.42. The monoisotopic (exact) mass is 214 g/mol. The minimum Gasteiger partial charge on any atom is -0.481 e. The van der Waals surface area contributed by atoms with E-state index < -0.39 is 12.0 Å². The lowest BCUT2D eigenvalue weighted by molar-refractivity contribution is -0.145. The van der Waals surface area contributed by atoms with Gasteiger partial charge in [-0.2, -0.15) is 0 Å². The van der Waals surface area contributed by atoms with Crippen molar-refractivity contribution in [3.8, 4) is 0 Å². The molecule has 0 aromatic heterocycles. The molecule has 1 fully saturated rings. The van der Waals surface area contributed by atoms with Crippen LogP contribution in [0.5, 0.6) is 0 Å². The van der Waals surface area contributed by atoms with Gasteiger partial charge in [0, 0.05) is 18.6 Å². The number of nitrogens with zero attached hydrogens (tertiary/aromatic N) is 1.